The van der Waals surface area contributed by atoms with Gasteiger partial charge >= 0.3 is 0 Å². The van der Waals surface area contributed by atoms with Crippen LogP contribution in [-0.4, -0.2) is 36.9 Å². The second kappa shape index (κ2) is 4.15. The number of carbonyl (C=O) groups is 1. The van der Waals surface area contributed by atoms with E-state index in [0.29, 0.717) is 12.0 Å². The molecule has 3 heteroatoms. The highest BCUT2D eigenvalue weighted by atomic mass is 16.1. The van der Waals surface area contributed by atoms with Crippen LogP contribution in [0.3, 0.4) is 0 Å². The molecule has 3 heterocycles. The summed E-state index contributed by atoms with van der Waals surface area (Å²) in [6.07, 6.45) is 5.65. The molecule has 0 unspecified atom stereocenters. The molecule has 0 amide bonds. The van der Waals surface area contributed by atoms with Crippen LogP contribution in [0.5, 0.6) is 0 Å². The van der Waals surface area contributed by atoms with Crippen LogP contribution in [0.2, 0.25) is 0 Å². The number of quaternary nitrogens is 1. The fraction of sp³-hybridized carbons (Fsp3) is 0.450. The van der Waals surface area contributed by atoms with Gasteiger partial charge in [-0.15, -0.1) is 0 Å². The molecular formula is C20H23N2O+. The maximum absolute atomic E-state index is 12.0. The van der Waals surface area contributed by atoms with Gasteiger partial charge in [0, 0.05) is 35.7 Å². The van der Waals surface area contributed by atoms with Crippen LogP contribution in [0.4, 0.5) is 5.69 Å². The molecule has 1 aliphatic carbocycles. The van der Waals surface area contributed by atoms with Gasteiger partial charge in [0.15, 0.2) is 0 Å². The zero-order chi connectivity index (χ0) is 15.8. The van der Waals surface area contributed by atoms with Crippen molar-refractivity contribution >= 4 is 12.0 Å². The second-order valence-corrected chi connectivity index (χ2v) is 7.87. The molecule has 2 fully saturated rings. The summed E-state index contributed by atoms with van der Waals surface area (Å²) < 4.78 is 1.13. The first-order valence-electron chi connectivity index (χ1n) is 8.70. The molecule has 2 bridgehead atoms. The van der Waals surface area contributed by atoms with Crippen molar-refractivity contribution in [2.45, 2.75) is 31.2 Å². The zero-order valence-electron chi connectivity index (χ0n) is 13.8. The third kappa shape index (κ3) is 1.38. The summed E-state index contributed by atoms with van der Waals surface area (Å²) in [6.45, 7) is 4.42. The van der Waals surface area contributed by atoms with E-state index in [9.17, 15) is 4.79 Å². The van der Waals surface area contributed by atoms with Crippen LogP contribution < -0.4 is 5.32 Å². The molecule has 2 saturated heterocycles. The lowest BCUT2D eigenvalue weighted by molar-refractivity contribution is -0.923. The van der Waals surface area contributed by atoms with E-state index in [-0.39, 0.29) is 5.41 Å². The minimum atomic E-state index is 0.0390. The number of nitrogens with one attached hydrogen (secondary N) is 1. The van der Waals surface area contributed by atoms with Gasteiger partial charge in [-0.05, 0) is 24.1 Å². The number of hydrogen-bond donors (Lipinski definition) is 1. The van der Waals surface area contributed by atoms with Crippen molar-refractivity contribution in [2.24, 2.45) is 5.92 Å². The summed E-state index contributed by atoms with van der Waals surface area (Å²) >= 11 is 0. The van der Waals surface area contributed by atoms with Crippen molar-refractivity contribution in [3.63, 3.8) is 0 Å². The Morgan fingerprint density at radius 2 is 2.17 bits per heavy atom. The van der Waals surface area contributed by atoms with E-state index in [4.69, 9.17) is 0 Å². The van der Waals surface area contributed by atoms with Gasteiger partial charge in [-0.25, -0.2) is 0 Å². The highest BCUT2D eigenvalue weighted by Gasteiger charge is 2.67. The maximum Gasteiger partial charge on any atom is 0.148 e. The van der Waals surface area contributed by atoms with Gasteiger partial charge in [0.05, 0.1) is 19.0 Å². The molecular weight excluding hydrogens is 284 g/mol. The maximum atomic E-state index is 12.0. The van der Waals surface area contributed by atoms with Crippen LogP contribution in [0.15, 0.2) is 47.2 Å². The van der Waals surface area contributed by atoms with E-state index in [1.165, 1.54) is 29.1 Å². The number of hydrogen-bond acceptors (Lipinski definition) is 2. The van der Waals surface area contributed by atoms with Gasteiger partial charge < -0.3 is 9.80 Å². The van der Waals surface area contributed by atoms with Crippen molar-refractivity contribution in [3.05, 3.63) is 52.7 Å². The summed E-state index contributed by atoms with van der Waals surface area (Å²) in [4.78, 5) is 12.0. The van der Waals surface area contributed by atoms with Crippen molar-refractivity contribution in [2.75, 3.05) is 25.5 Å². The molecule has 4 atom stereocenters. The van der Waals surface area contributed by atoms with Crippen LogP contribution >= 0.6 is 0 Å². The molecule has 1 aromatic rings. The molecule has 0 aromatic heterocycles. The molecule has 4 aliphatic rings. The first kappa shape index (κ1) is 13.6. The van der Waals surface area contributed by atoms with Gasteiger partial charge in [-0.3, -0.25) is 4.79 Å². The number of anilines is 1. The Morgan fingerprint density at radius 1 is 1.35 bits per heavy atom. The highest BCUT2D eigenvalue weighted by Crippen LogP contribution is 2.62. The number of piperidine rings is 1. The number of nitrogens with zero attached hydrogens (tertiary/aromatic N) is 1. The van der Waals surface area contributed by atoms with Gasteiger partial charge in [-0.1, -0.05) is 24.3 Å². The van der Waals surface area contributed by atoms with Crippen molar-refractivity contribution in [3.8, 4) is 0 Å². The average molecular weight is 307 g/mol. The van der Waals surface area contributed by atoms with Crippen LogP contribution in [0.25, 0.3) is 0 Å². The monoisotopic (exact) mass is 307 g/mol. The molecule has 1 spiro atoms. The number of benzene rings is 1. The first-order valence-corrected chi connectivity index (χ1v) is 8.70. The number of rotatable bonds is 1. The quantitative estimate of drug-likeness (QED) is 0.491. The molecule has 1 N–H and O–H groups in total. The molecule has 1 aromatic carbocycles. The Bertz CT molecular complexity index is 793. The lowest BCUT2D eigenvalue weighted by atomic mass is 9.61. The summed E-state index contributed by atoms with van der Waals surface area (Å²) in [5, 5.41) is 3.66. The third-order valence-electron chi connectivity index (χ3n) is 7.06. The van der Waals surface area contributed by atoms with E-state index in [1.54, 1.807) is 0 Å². The number of aldehydes is 1. The predicted octanol–water partition coefficient (Wildman–Crippen LogP) is 3.00. The predicted molar refractivity (Wildman–Crippen MR) is 91.0 cm³/mol. The minimum Gasteiger partial charge on any atom is -0.357 e. The van der Waals surface area contributed by atoms with Gasteiger partial charge in [-0.2, -0.15) is 0 Å². The molecule has 118 valence electrons. The van der Waals surface area contributed by atoms with Gasteiger partial charge in [0.25, 0.3) is 0 Å². The molecule has 3 nitrogen and oxygen atoms in total. The Labute approximate surface area is 137 Å². The number of carbonyl (C=O) groups excluding carboxylic acids is 1. The van der Waals surface area contributed by atoms with Crippen molar-refractivity contribution in [1.82, 2.24) is 0 Å². The zero-order valence-corrected chi connectivity index (χ0v) is 13.8. The summed E-state index contributed by atoms with van der Waals surface area (Å²) in [5.74, 6) is 0.316. The summed E-state index contributed by atoms with van der Waals surface area (Å²) in [5.41, 5.74) is 6.35. The average Bonchev–Trinajstić information content (AvgIpc) is 3.08. The van der Waals surface area contributed by atoms with Crippen molar-refractivity contribution < 1.29 is 9.28 Å². The lowest BCUT2D eigenvalue weighted by Gasteiger charge is -2.51. The number of fused-ring (bicyclic) bond motifs is 2. The Balaban J connectivity index is 1.85. The number of likely N-dealkylation sites (N-methyl/N-ethyl adjacent to an activating group) is 1. The standard InChI is InChI=1S/C20H22N2O/c1-3-13-11-22(2)9-8-20-16-6-4-5-7-17(16)21-19(20)15(12-23)14(13)10-18(20)22/h3-7,12,14,18H,8-11H2,1-2H3/p+1/b13-3-/t14-,18-,20+,22-/m0/s1. The lowest BCUT2D eigenvalue weighted by Crippen LogP contribution is -2.61. The normalized spacial score (nSPS) is 41.6. The summed E-state index contributed by atoms with van der Waals surface area (Å²) in [6, 6.07) is 9.27. The highest BCUT2D eigenvalue weighted by molar-refractivity contribution is 5.84. The SMILES string of the molecule is C/C=C1/C[N@+]2(C)CC[C@]34C(=C(C=O)[C@H]1C[C@@H]32)Nc1ccccc14. The molecule has 0 radical (unpaired) electrons. The molecule has 3 aliphatic heterocycles. The van der Waals surface area contributed by atoms with Crippen LogP contribution in [-0.2, 0) is 10.2 Å². The molecule has 5 rings (SSSR count). The molecule has 0 saturated carbocycles. The third-order valence-corrected chi connectivity index (χ3v) is 7.06. The molecule has 23 heavy (non-hydrogen) atoms. The Kier molecular flexibility index (Phi) is 2.45. The topological polar surface area (TPSA) is 29.1 Å². The second-order valence-electron chi connectivity index (χ2n) is 7.87. The summed E-state index contributed by atoms with van der Waals surface area (Å²) in [7, 11) is 2.42. The van der Waals surface area contributed by atoms with Gasteiger partial charge in [0.1, 0.15) is 18.9 Å². The van der Waals surface area contributed by atoms with E-state index in [0.717, 1.165) is 35.7 Å². The van der Waals surface area contributed by atoms with E-state index >= 15 is 0 Å². The number of para-hydroxylation sites is 1. The van der Waals surface area contributed by atoms with Gasteiger partial charge in [0.2, 0.25) is 0 Å². The van der Waals surface area contributed by atoms with E-state index in [1.807, 2.05) is 0 Å². The smallest absolute Gasteiger partial charge is 0.148 e. The Morgan fingerprint density at radius 3 is 2.96 bits per heavy atom. The van der Waals surface area contributed by atoms with Crippen LogP contribution in [0.1, 0.15) is 25.3 Å². The van der Waals surface area contributed by atoms with E-state index in [2.05, 4.69) is 49.6 Å². The van der Waals surface area contributed by atoms with Crippen LogP contribution in [0, 0.1) is 5.92 Å². The number of allylic oxidation sites excluding steroid dienone is 2. The van der Waals surface area contributed by atoms with E-state index < -0.39 is 0 Å². The minimum absolute atomic E-state index is 0.0390. The fourth-order valence-corrected chi connectivity index (χ4v) is 6.07. The Hall–Kier alpha value is -1.87. The fourth-order valence-electron chi connectivity index (χ4n) is 6.07. The first-order chi connectivity index (χ1) is 11.1. The largest absolute Gasteiger partial charge is 0.357 e. The van der Waals surface area contributed by atoms with Crippen molar-refractivity contribution in [1.29, 1.82) is 0 Å².